The fourth-order valence-electron chi connectivity index (χ4n) is 2.65. The number of ether oxygens (including phenoxy) is 1. The maximum atomic E-state index is 12.9. The molecule has 0 aliphatic heterocycles. The zero-order valence-electron chi connectivity index (χ0n) is 15.2. The van der Waals surface area contributed by atoms with Crippen molar-refractivity contribution in [2.45, 2.75) is 24.2 Å². The topological polar surface area (TPSA) is 121 Å². The summed E-state index contributed by atoms with van der Waals surface area (Å²) in [7, 11) is 1.02. The van der Waals surface area contributed by atoms with Crippen LogP contribution in [0.4, 0.5) is 0 Å². The van der Waals surface area contributed by atoms with Crippen molar-refractivity contribution in [1.82, 2.24) is 0 Å². The molecule has 0 aliphatic rings. The van der Waals surface area contributed by atoms with Crippen molar-refractivity contribution in [2.75, 3.05) is 7.11 Å². The summed E-state index contributed by atoms with van der Waals surface area (Å²) in [5.74, 6) is -3.09. The second-order valence-corrected chi connectivity index (χ2v) is 7.15. The van der Waals surface area contributed by atoms with Crippen LogP contribution in [0.25, 0.3) is 0 Å². The molecule has 0 saturated carbocycles. The number of rotatable bonds is 8. The summed E-state index contributed by atoms with van der Waals surface area (Å²) in [5.41, 5.74) is -2.94. The van der Waals surface area contributed by atoms with Crippen LogP contribution in [0.2, 0.25) is 10.0 Å². The van der Waals surface area contributed by atoms with Gasteiger partial charge in [-0.15, -0.1) is 0 Å². The lowest BCUT2D eigenvalue weighted by atomic mass is 9.80. The van der Waals surface area contributed by atoms with E-state index in [1.165, 1.54) is 48.5 Å². The Bertz CT molecular complexity index is 896. The molecule has 1 unspecified atom stereocenters. The van der Waals surface area contributed by atoms with E-state index in [0.717, 1.165) is 7.11 Å². The van der Waals surface area contributed by atoms with E-state index in [1.54, 1.807) is 0 Å². The lowest BCUT2D eigenvalue weighted by Crippen LogP contribution is -2.57. The van der Waals surface area contributed by atoms with E-state index in [1.807, 2.05) is 0 Å². The van der Waals surface area contributed by atoms with Crippen molar-refractivity contribution in [3.63, 3.8) is 0 Å². The Hall–Kier alpha value is -2.29. The molecule has 0 aliphatic carbocycles. The van der Waals surface area contributed by atoms with Crippen molar-refractivity contribution in [3.8, 4) is 0 Å². The third-order valence-electron chi connectivity index (χ3n) is 4.33. The molecule has 0 saturated heterocycles. The number of aliphatic hydroxyl groups is 3. The minimum Gasteiger partial charge on any atom is -0.469 e. The summed E-state index contributed by atoms with van der Waals surface area (Å²) in [6, 6.07) is 10.7. The first-order chi connectivity index (χ1) is 13.6. The largest absolute Gasteiger partial charge is 0.469 e. The number of hydrogen-bond acceptors (Lipinski definition) is 7. The zero-order valence-corrected chi connectivity index (χ0v) is 16.7. The molecule has 0 radical (unpaired) electrons. The highest BCUT2D eigenvalue weighted by molar-refractivity contribution is 6.31. The van der Waals surface area contributed by atoms with Crippen molar-refractivity contribution in [3.05, 3.63) is 69.7 Å². The lowest BCUT2D eigenvalue weighted by Gasteiger charge is -2.33. The van der Waals surface area contributed by atoms with Gasteiger partial charge in [0.2, 0.25) is 0 Å². The highest BCUT2D eigenvalue weighted by Gasteiger charge is 2.50. The van der Waals surface area contributed by atoms with Crippen LogP contribution in [-0.4, -0.2) is 57.8 Å². The van der Waals surface area contributed by atoms with Crippen LogP contribution in [0, 0.1) is 0 Å². The SMILES string of the molecule is COC(=O)C[C@@](O)(C(=O)c1ccc(Cl)cc1)[C@H](O)C(O)C(=O)c1ccc(Cl)cc1. The Morgan fingerprint density at radius 1 is 0.931 bits per heavy atom. The van der Waals surface area contributed by atoms with Crippen LogP contribution in [0.1, 0.15) is 27.1 Å². The fourth-order valence-corrected chi connectivity index (χ4v) is 2.90. The number of aliphatic hydroxyl groups excluding tert-OH is 2. The Labute approximate surface area is 176 Å². The van der Waals surface area contributed by atoms with Gasteiger partial charge in [-0.3, -0.25) is 14.4 Å². The first kappa shape index (κ1) is 23.0. The number of benzene rings is 2. The van der Waals surface area contributed by atoms with E-state index < -0.39 is 41.8 Å². The van der Waals surface area contributed by atoms with Gasteiger partial charge in [-0.05, 0) is 48.5 Å². The van der Waals surface area contributed by atoms with Gasteiger partial charge in [0.1, 0.15) is 12.2 Å². The van der Waals surface area contributed by atoms with Crippen LogP contribution < -0.4 is 0 Å². The first-order valence-electron chi connectivity index (χ1n) is 8.35. The average Bonchev–Trinajstić information content (AvgIpc) is 2.72. The molecule has 0 fully saturated rings. The summed E-state index contributed by atoms with van der Waals surface area (Å²) >= 11 is 11.5. The molecule has 2 aromatic carbocycles. The van der Waals surface area contributed by atoms with Gasteiger partial charge in [0.25, 0.3) is 0 Å². The summed E-state index contributed by atoms with van der Waals surface area (Å²) in [6.07, 6.45) is -5.52. The molecular formula is C20H18Cl2O7. The average molecular weight is 441 g/mol. The molecule has 0 aromatic heterocycles. The van der Waals surface area contributed by atoms with Crippen molar-refractivity contribution >= 4 is 40.7 Å². The van der Waals surface area contributed by atoms with E-state index in [-0.39, 0.29) is 11.1 Å². The van der Waals surface area contributed by atoms with Crippen LogP contribution in [0.3, 0.4) is 0 Å². The number of methoxy groups -OCH3 is 1. The number of halogens is 2. The minimum atomic E-state index is -2.83. The van der Waals surface area contributed by atoms with Crippen LogP contribution in [-0.2, 0) is 9.53 Å². The summed E-state index contributed by atoms with van der Waals surface area (Å²) < 4.78 is 4.47. The Balaban J connectivity index is 2.39. The van der Waals surface area contributed by atoms with E-state index in [9.17, 15) is 29.7 Å². The van der Waals surface area contributed by atoms with Gasteiger partial charge in [0.05, 0.1) is 13.5 Å². The summed E-state index contributed by atoms with van der Waals surface area (Å²) in [4.78, 5) is 37.1. The summed E-state index contributed by atoms with van der Waals surface area (Å²) in [6.45, 7) is 0. The molecule has 2 aromatic rings. The van der Waals surface area contributed by atoms with Crippen molar-refractivity contribution in [1.29, 1.82) is 0 Å². The Morgan fingerprint density at radius 2 is 1.38 bits per heavy atom. The molecule has 0 bridgehead atoms. The highest BCUT2D eigenvalue weighted by atomic mass is 35.5. The smallest absolute Gasteiger partial charge is 0.309 e. The number of carbonyl (C=O) groups excluding carboxylic acids is 3. The maximum Gasteiger partial charge on any atom is 0.309 e. The van der Waals surface area contributed by atoms with Gasteiger partial charge in [-0.1, -0.05) is 23.2 Å². The second kappa shape index (κ2) is 9.47. The number of esters is 1. The molecule has 0 amide bonds. The summed E-state index contributed by atoms with van der Waals surface area (Å²) in [5, 5.41) is 32.5. The molecule has 3 atom stereocenters. The molecule has 2 rings (SSSR count). The van der Waals surface area contributed by atoms with E-state index in [4.69, 9.17) is 23.2 Å². The molecular weight excluding hydrogens is 423 g/mol. The van der Waals surface area contributed by atoms with Crippen molar-refractivity contribution in [2.24, 2.45) is 0 Å². The second-order valence-electron chi connectivity index (χ2n) is 6.27. The van der Waals surface area contributed by atoms with Crippen LogP contribution in [0.15, 0.2) is 48.5 Å². The van der Waals surface area contributed by atoms with Gasteiger partial charge in [-0.2, -0.15) is 0 Å². The number of hydrogen-bond donors (Lipinski definition) is 3. The number of Topliss-reactive ketones (excluding diaryl/α,β-unsaturated/α-hetero) is 2. The van der Waals surface area contributed by atoms with Crippen LogP contribution in [0.5, 0.6) is 0 Å². The molecule has 7 nitrogen and oxygen atoms in total. The predicted molar refractivity (Wildman–Crippen MR) is 105 cm³/mol. The third-order valence-corrected chi connectivity index (χ3v) is 4.83. The zero-order chi connectivity index (χ0) is 21.8. The molecule has 3 N–H and O–H groups in total. The predicted octanol–water partition coefficient (Wildman–Crippen LogP) is 2.08. The molecule has 154 valence electrons. The van der Waals surface area contributed by atoms with Gasteiger partial charge >= 0.3 is 5.97 Å². The van der Waals surface area contributed by atoms with Crippen LogP contribution >= 0.6 is 23.2 Å². The van der Waals surface area contributed by atoms with E-state index in [2.05, 4.69) is 4.74 Å². The highest BCUT2D eigenvalue weighted by Crippen LogP contribution is 2.27. The van der Waals surface area contributed by atoms with Crippen molar-refractivity contribution < 1.29 is 34.4 Å². The Morgan fingerprint density at radius 3 is 1.83 bits per heavy atom. The first-order valence-corrected chi connectivity index (χ1v) is 9.11. The maximum absolute atomic E-state index is 12.9. The Kier molecular flexibility index (Phi) is 7.51. The minimum absolute atomic E-state index is 0.0136. The molecule has 0 spiro atoms. The normalized spacial score (nSPS) is 15.1. The molecule has 29 heavy (non-hydrogen) atoms. The molecule has 0 heterocycles. The van der Waals surface area contributed by atoms with Gasteiger partial charge < -0.3 is 20.1 Å². The van der Waals surface area contributed by atoms with Gasteiger partial charge in [-0.25, -0.2) is 0 Å². The molecule has 9 heteroatoms. The standard InChI is InChI=1S/C20H18Cl2O7/c1-29-15(23)10-20(28,18(26)12-4-8-14(22)9-5-12)19(27)17(25)16(24)11-2-6-13(21)7-3-11/h2-9,17,19,25,27-28H,10H2,1H3/t17?,19-,20-/m1/s1. The third kappa shape index (κ3) is 5.20. The van der Waals surface area contributed by atoms with E-state index >= 15 is 0 Å². The van der Waals surface area contributed by atoms with Gasteiger partial charge in [0, 0.05) is 21.2 Å². The van der Waals surface area contributed by atoms with E-state index in [0.29, 0.717) is 10.0 Å². The lowest BCUT2D eigenvalue weighted by molar-refractivity contribution is -0.152. The quantitative estimate of drug-likeness (QED) is 0.424. The monoisotopic (exact) mass is 440 g/mol. The number of carbonyl (C=O) groups is 3. The number of ketones is 2. The fraction of sp³-hybridized carbons (Fsp3) is 0.250. The van der Waals surface area contributed by atoms with Gasteiger partial charge in [0.15, 0.2) is 17.2 Å².